The zero-order valence-corrected chi connectivity index (χ0v) is 20.6. The van der Waals surface area contributed by atoms with E-state index >= 15 is 0 Å². The maximum absolute atomic E-state index is 12.6. The van der Waals surface area contributed by atoms with Crippen molar-refractivity contribution in [1.82, 2.24) is 19.9 Å². The molecule has 3 aromatic carbocycles. The number of nitrogens with one attached hydrogen (secondary N) is 2. The number of fused-ring (bicyclic) bond motifs is 1. The highest BCUT2D eigenvalue weighted by atomic mass is 32.2. The van der Waals surface area contributed by atoms with Crippen molar-refractivity contribution in [2.45, 2.75) is 30.7 Å². The highest BCUT2D eigenvalue weighted by Crippen LogP contribution is 2.32. The monoisotopic (exact) mass is 486 g/mol. The van der Waals surface area contributed by atoms with Gasteiger partial charge in [0, 0.05) is 17.5 Å². The molecule has 2 N–H and O–H groups in total. The summed E-state index contributed by atoms with van der Waals surface area (Å²) in [6, 6.07) is 23.6. The van der Waals surface area contributed by atoms with Gasteiger partial charge < -0.3 is 14.7 Å². The molecule has 0 aliphatic carbocycles. The average molecular weight is 487 g/mol. The maximum atomic E-state index is 12.6. The summed E-state index contributed by atoms with van der Waals surface area (Å²) in [6.45, 7) is 3.30. The minimum absolute atomic E-state index is 0.00672. The van der Waals surface area contributed by atoms with Crippen molar-refractivity contribution in [2.24, 2.45) is 0 Å². The van der Waals surface area contributed by atoms with E-state index in [4.69, 9.17) is 9.72 Å². The van der Waals surface area contributed by atoms with Gasteiger partial charge in [-0.2, -0.15) is 0 Å². The van der Waals surface area contributed by atoms with Gasteiger partial charge in [-0.1, -0.05) is 48.5 Å². The minimum atomic E-state index is -3.50. The second kappa shape index (κ2) is 9.03. The van der Waals surface area contributed by atoms with Crippen LogP contribution < -0.4 is 4.74 Å². The molecule has 0 radical (unpaired) electrons. The van der Waals surface area contributed by atoms with Gasteiger partial charge in [-0.05, 0) is 43.7 Å². The van der Waals surface area contributed by atoms with Crippen molar-refractivity contribution >= 4 is 20.9 Å². The van der Waals surface area contributed by atoms with Gasteiger partial charge >= 0.3 is 0 Å². The first-order chi connectivity index (χ1) is 16.8. The zero-order chi connectivity index (χ0) is 24.6. The smallest absolute Gasteiger partial charge is 0.226 e. The van der Waals surface area contributed by atoms with Crippen LogP contribution in [0.2, 0.25) is 0 Å². The van der Waals surface area contributed by atoms with Crippen LogP contribution in [0.1, 0.15) is 25.2 Å². The molecule has 0 aliphatic rings. The quantitative estimate of drug-likeness (QED) is 0.321. The number of hydrogen-bond donors (Lipinski definition) is 2. The van der Waals surface area contributed by atoms with E-state index < -0.39 is 15.1 Å². The number of imidazole rings is 2. The molecule has 0 bridgehead atoms. The summed E-state index contributed by atoms with van der Waals surface area (Å²) in [5.74, 6) is 1.64. The molecule has 0 spiro atoms. The molecule has 0 unspecified atom stereocenters. The van der Waals surface area contributed by atoms with E-state index in [0.717, 1.165) is 39.7 Å². The lowest BCUT2D eigenvalue weighted by Gasteiger charge is -2.03. The Morgan fingerprint density at radius 3 is 2.31 bits per heavy atom. The van der Waals surface area contributed by atoms with Crippen molar-refractivity contribution < 1.29 is 13.2 Å². The number of methoxy groups -OCH3 is 1. The third-order valence-corrected chi connectivity index (χ3v) is 7.94. The van der Waals surface area contributed by atoms with Gasteiger partial charge in [-0.15, -0.1) is 0 Å². The number of benzene rings is 3. The number of sulfone groups is 1. The van der Waals surface area contributed by atoms with Gasteiger partial charge in [0.05, 0.1) is 34.8 Å². The second-order valence-electron chi connectivity index (χ2n) is 8.67. The van der Waals surface area contributed by atoms with Crippen molar-refractivity contribution in [3.8, 4) is 28.3 Å². The van der Waals surface area contributed by atoms with E-state index in [1.54, 1.807) is 21.0 Å². The molecule has 8 heteroatoms. The van der Waals surface area contributed by atoms with E-state index in [9.17, 15) is 8.42 Å². The standard InChI is InChI=1S/C27H26N4O3S/c1-17(2)35(32,33)27-28-22-14-11-20(16-23(22)29-27)26-25(19-7-5-4-6-8-19)30-24(31-26)15-18-9-12-21(34-3)13-10-18/h4-14,16-17H,15H2,1-3H3,(H,28,29)(H,30,31). The van der Waals surface area contributed by atoms with Gasteiger partial charge in [0.25, 0.3) is 0 Å². The number of H-pyrrole nitrogens is 2. The van der Waals surface area contributed by atoms with Gasteiger partial charge in [-0.25, -0.2) is 18.4 Å². The first-order valence-corrected chi connectivity index (χ1v) is 12.9. The summed E-state index contributed by atoms with van der Waals surface area (Å²) in [4.78, 5) is 15.7. The summed E-state index contributed by atoms with van der Waals surface area (Å²) in [5, 5.41) is -0.562. The Morgan fingerprint density at radius 2 is 1.63 bits per heavy atom. The molecule has 2 heterocycles. The van der Waals surface area contributed by atoms with Crippen molar-refractivity contribution in [3.05, 3.63) is 84.2 Å². The van der Waals surface area contributed by atoms with E-state index in [1.807, 2.05) is 72.8 Å². The fraction of sp³-hybridized carbons (Fsp3) is 0.185. The molecular weight excluding hydrogens is 460 g/mol. The lowest BCUT2D eigenvalue weighted by Crippen LogP contribution is -2.15. The molecule has 0 aliphatic heterocycles. The lowest BCUT2D eigenvalue weighted by molar-refractivity contribution is 0.414. The molecule has 5 aromatic rings. The fourth-order valence-electron chi connectivity index (χ4n) is 3.96. The predicted octanol–water partition coefficient (Wildman–Crippen LogP) is 5.40. The molecule has 0 saturated heterocycles. The fourth-order valence-corrected chi connectivity index (χ4v) is 4.88. The zero-order valence-electron chi connectivity index (χ0n) is 19.7. The van der Waals surface area contributed by atoms with Crippen LogP contribution in [0.5, 0.6) is 5.75 Å². The Kier molecular flexibility index (Phi) is 5.90. The first kappa shape index (κ1) is 22.9. The number of aromatic amines is 2. The third-order valence-electron chi connectivity index (χ3n) is 5.97. The summed E-state index contributed by atoms with van der Waals surface area (Å²) in [6.07, 6.45) is 0.632. The van der Waals surface area contributed by atoms with E-state index in [1.165, 1.54) is 0 Å². The molecule has 7 nitrogen and oxygen atoms in total. The van der Waals surface area contributed by atoms with Gasteiger partial charge in [0.1, 0.15) is 11.6 Å². The Hall–Kier alpha value is -3.91. The molecule has 5 rings (SSSR count). The molecule has 35 heavy (non-hydrogen) atoms. The Morgan fingerprint density at radius 1 is 0.886 bits per heavy atom. The van der Waals surface area contributed by atoms with Crippen LogP contribution in [-0.4, -0.2) is 40.7 Å². The normalized spacial score (nSPS) is 11.9. The van der Waals surface area contributed by atoms with Gasteiger partial charge in [0.15, 0.2) is 0 Å². The van der Waals surface area contributed by atoms with Crippen LogP contribution in [0.3, 0.4) is 0 Å². The maximum Gasteiger partial charge on any atom is 0.226 e. The highest BCUT2D eigenvalue weighted by Gasteiger charge is 2.23. The Bertz CT molecular complexity index is 1590. The van der Waals surface area contributed by atoms with E-state index in [2.05, 4.69) is 15.0 Å². The molecule has 0 saturated carbocycles. The lowest BCUT2D eigenvalue weighted by atomic mass is 10.0. The van der Waals surface area contributed by atoms with Crippen LogP contribution in [0.25, 0.3) is 33.5 Å². The number of ether oxygens (including phenoxy) is 1. The molecular formula is C27H26N4O3S. The van der Waals surface area contributed by atoms with Gasteiger partial charge in [-0.3, -0.25) is 0 Å². The van der Waals surface area contributed by atoms with Crippen LogP contribution in [0.15, 0.2) is 78.0 Å². The minimum Gasteiger partial charge on any atom is -0.497 e. The molecule has 0 fully saturated rings. The largest absolute Gasteiger partial charge is 0.497 e. The van der Waals surface area contributed by atoms with Crippen molar-refractivity contribution in [1.29, 1.82) is 0 Å². The number of rotatable bonds is 7. The van der Waals surface area contributed by atoms with E-state index in [0.29, 0.717) is 17.5 Å². The SMILES string of the molecule is COc1ccc(Cc2nc(-c3ccccc3)c(-c3ccc4nc(S(=O)(=O)C(C)C)[nH]c4c3)[nH]2)cc1. The Labute approximate surface area is 204 Å². The van der Waals surface area contributed by atoms with Crippen LogP contribution in [0, 0.1) is 0 Å². The summed E-state index contributed by atoms with van der Waals surface area (Å²) < 4.78 is 30.5. The number of aromatic nitrogens is 4. The van der Waals surface area contributed by atoms with E-state index in [-0.39, 0.29) is 5.16 Å². The van der Waals surface area contributed by atoms with Crippen molar-refractivity contribution in [3.63, 3.8) is 0 Å². The highest BCUT2D eigenvalue weighted by molar-refractivity contribution is 7.91. The summed E-state index contributed by atoms with van der Waals surface area (Å²) in [5.41, 5.74) is 5.96. The average Bonchev–Trinajstić information content (AvgIpc) is 3.49. The molecule has 2 aromatic heterocycles. The molecule has 178 valence electrons. The van der Waals surface area contributed by atoms with Crippen LogP contribution >= 0.6 is 0 Å². The summed E-state index contributed by atoms with van der Waals surface area (Å²) >= 11 is 0. The summed E-state index contributed by atoms with van der Waals surface area (Å²) in [7, 11) is -1.85. The van der Waals surface area contributed by atoms with Crippen LogP contribution in [-0.2, 0) is 16.3 Å². The third kappa shape index (κ3) is 4.44. The van der Waals surface area contributed by atoms with Crippen molar-refractivity contribution in [2.75, 3.05) is 7.11 Å². The molecule has 0 atom stereocenters. The first-order valence-electron chi connectivity index (χ1n) is 11.4. The number of nitrogens with zero attached hydrogens (tertiary/aromatic N) is 2. The molecule has 0 amide bonds. The number of hydrogen-bond acceptors (Lipinski definition) is 5. The predicted molar refractivity (Wildman–Crippen MR) is 137 cm³/mol. The van der Waals surface area contributed by atoms with Crippen LogP contribution in [0.4, 0.5) is 0 Å². The topological polar surface area (TPSA) is 101 Å². The Balaban J connectivity index is 1.58. The van der Waals surface area contributed by atoms with Gasteiger partial charge in [0.2, 0.25) is 15.0 Å². The second-order valence-corrected chi connectivity index (χ2v) is 11.1.